The maximum absolute atomic E-state index is 5.77. The van der Waals surface area contributed by atoms with Crippen molar-refractivity contribution in [3.63, 3.8) is 0 Å². The lowest BCUT2D eigenvalue weighted by atomic mass is 10.1. The van der Waals surface area contributed by atoms with Gasteiger partial charge in [-0.2, -0.15) is 0 Å². The fourth-order valence-corrected chi connectivity index (χ4v) is 1.64. The van der Waals surface area contributed by atoms with Gasteiger partial charge in [-0.15, -0.1) is 11.6 Å². The first-order valence-electron chi connectivity index (χ1n) is 5.64. The molecule has 0 N–H and O–H groups in total. The molecule has 1 aromatic rings. The van der Waals surface area contributed by atoms with E-state index in [1.165, 1.54) is 5.57 Å². The lowest BCUT2D eigenvalue weighted by Crippen LogP contribution is -2.06. The van der Waals surface area contributed by atoms with E-state index in [0.717, 1.165) is 17.7 Å². The molecule has 0 radical (unpaired) electrons. The van der Waals surface area contributed by atoms with Crippen LogP contribution in [0.3, 0.4) is 0 Å². The molecular weight excluding hydrogens is 220 g/mol. The first-order valence-corrected chi connectivity index (χ1v) is 6.17. The highest BCUT2D eigenvalue weighted by Crippen LogP contribution is 2.26. The maximum Gasteiger partial charge on any atom is 0.127 e. The molecule has 0 aliphatic carbocycles. The van der Waals surface area contributed by atoms with E-state index < -0.39 is 0 Å². The van der Waals surface area contributed by atoms with Crippen molar-refractivity contribution >= 4 is 17.2 Å². The predicted molar refractivity (Wildman–Crippen MR) is 71.2 cm³/mol. The summed E-state index contributed by atoms with van der Waals surface area (Å²) in [6.45, 7) is 6.16. The van der Waals surface area contributed by atoms with Crippen LogP contribution in [0.1, 0.15) is 32.8 Å². The zero-order chi connectivity index (χ0) is 12.0. The summed E-state index contributed by atoms with van der Waals surface area (Å²) >= 11 is 5.68. The van der Waals surface area contributed by atoms with Crippen molar-refractivity contribution in [3.05, 3.63) is 35.9 Å². The molecule has 1 nitrogen and oxygen atoms in total. The average molecular weight is 239 g/mol. The van der Waals surface area contributed by atoms with Crippen LogP contribution in [-0.4, -0.2) is 12.0 Å². The molecule has 1 aromatic carbocycles. The van der Waals surface area contributed by atoms with Gasteiger partial charge in [0.2, 0.25) is 0 Å². The first kappa shape index (κ1) is 13.1. The van der Waals surface area contributed by atoms with E-state index in [1.807, 2.05) is 32.0 Å². The standard InChI is InChI=1S/C14H19ClO/c1-11(2)16-14-9-5-4-8-13(14)12(3)7-6-10-15/h4-5,7-9,11H,6,10H2,1-3H3. The van der Waals surface area contributed by atoms with Gasteiger partial charge in [0, 0.05) is 11.4 Å². The molecule has 0 aliphatic rings. The number of para-hydroxylation sites is 1. The van der Waals surface area contributed by atoms with Crippen LogP contribution in [0.5, 0.6) is 5.75 Å². The molecule has 0 aliphatic heterocycles. The number of ether oxygens (including phenoxy) is 1. The summed E-state index contributed by atoms with van der Waals surface area (Å²) in [6.07, 6.45) is 3.24. The van der Waals surface area contributed by atoms with Crippen molar-refractivity contribution in [2.45, 2.75) is 33.3 Å². The van der Waals surface area contributed by atoms with E-state index in [4.69, 9.17) is 16.3 Å². The molecule has 0 spiro atoms. The van der Waals surface area contributed by atoms with Crippen molar-refractivity contribution in [1.82, 2.24) is 0 Å². The van der Waals surface area contributed by atoms with Gasteiger partial charge < -0.3 is 4.74 Å². The molecular formula is C14H19ClO. The molecule has 0 aromatic heterocycles. The Bertz CT molecular complexity index is 356. The molecule has 0 bridgehead atoms. The Morgan fingerprint density at radius 3 is 2.69 bits per heavy atom. The van der Waals surface area contributed by atoms with Gasteiger partial charge in [0.1, 0.15) is 5.75 Å². The number of hydrogen-bond donors (Lipinski definition) is 0. The fraction of sp³-hybridized carbons (Fsp3) is 0.429. The van der Waals surface area contributed by atoms with Crippen LogP contribution in [0.4, 0.5) is 0 Å². The quantitative estimate of drug-likeness (QED) is 0.686. The summed E-state index contributed by atoms with van der Waals surface area (Å²) in [5.74, 6) is 1.60. The van der Waals surface area contributed by atoms with Crippen molar-refractivity contribution in [2.75, 3.05) is 5.88 Å². The van der Waals surface area contributed by atoms with Crippen LogP contribution in [0, 0.1) is 0 Å². The van der Waals surface area contributed by atoms with Crippen molar-refractivity contribution in [2.24, 2.45) is 0 Å². The van der Waals surface area contributed by atoms with Gasteiger partial charge in [-0.25, -0.2) is 0 Å². The van der Waals surface area contributed by atoms with Gasteiger partial charge in [-0.3, -0.25) is 0 Å². The molecule has 88 valence electrons. The molecule has 0 saturated heterocycles. The largest absolute Gasteiger partial charge is 0.490 e. The number of benzene rings is 1. The highest BCUT2D eigenvalue weighted by Gasteiger charge is 2.05. The van der Waals surface area contributed by atoms with E-state index >= 15 is 0 Å². The predicted octanol–water partition coefficient (Wildman–Crippen LogP) is 4.51. The smallest absolute Gasteiger partial charge is 0.127 e. The minimum absolute atomic E-state index is 0.196. The van der Waals surface area contributed by atoms with Gasteiger partial charge >= 0.3 is 0 Å². The van der Waals surface area contributed by atoms with Gasteiger partial charge in [-0.05, 0) is 38.8 Å². The summed E-state index contributed by atoms with van der Waals surface area (Å²) in [7, 11) is 0. The molecule has 2 heteroatoms. The molecule has 0 amide bonds. The third kappa shape index (κ3) is 3.90. The Labute approximate surface area is 103 Å². The number of rotatable bonds is 5. The third-order valence-electron chi connectivity index (χ3n) is 2.23. The second-order valence-corrected chi connectivity index (χ2v) is 4.41. The highest BCUT2D eigenvalue weighted by atomic mass is 35.5. The molecule has 0 atom stereocenters. The molecule has 1 rings (SSSR count). The average Bonchev–Trinajstić information content (AvgIpc) is 2.26. The summed E-state index contributed by atoms with van der Waals surface area (Å²) in [6, 6.07) is 8.11. The Morgan fingerprint density at radius 2 is 2.06 bits per heavy atom. The van der Waals surface area contributed by atoms with Gasteiger partial charge in [-0.1, -0.05) is 24.3 Å². The van der Waals surface area contributed by atoms with Crippen molar-refractivity contribution in [1.29, 1.82) is 0 Å². The second kappa shape index (κ2) is 6.59. The highest BCUT2D eigenvalue weighted by molar-refractivity contribution is 6.17. The van der Waals surface area contributed by atoms with Crippen LogP contribution in [0.15, 0.2) is 30.3 Å². The normalized spacial score (nSPS) is 11.9. The fourth-order valence-electron chi connectivity index (χ4n) is 1.53. The lowest BCUT2D eigenvalue weighted by Gasteiger charge is -2.14. The number of hydrogen-bond acceptors (Lipinski definition) is 1. The number of alkyl halides is 1. The Balaban J connectivity index is 2.93. The summed E-state index contributed by atoms with van der Waals surface area (Å²) in [5, 5.41) is 0. The molecule has 16 heavy (non-hydrogen) atoms. The maximum atomic E-state index is 5.77. The minimum Gasteiger partial charge on any atom is -0.490 e. The van der Waals surface area contributed by atoms with Crippen LogP contribution < -0.4 is 4.74 Å². The zero-order valence-corrected chi connectivity index (χ0v) is 10.9. The Hall–Kier alpha value is -0.950. The molecule has 0 saturated carbocycles. The van der Waals surface area contributed by atoms with E-state index in [1.54, 1.807) is 0 Å². The first-order chi connectivity index (χ1) is 7.65. The van der Waals surface area contributed by atoms with Crippen molar-refractivity contribution in [3.8, 4) is 5.75 Å². The van der Waals surface area contributed by atoms with Gasteiger partial charge in [0.25, 0.3) is 0 Å². The molecule has 0 heterocycles. The van der Waals surface area contributed by atoms with Crippen LogP contribution >= 0.6 is 11.6 Å². The van der Waals surface area contributed by atoms with Crippen molar-refractivity contribution < 1.29 is 4.74 Å². The summed E-state index contributed by atoms with van der Waals surface area (Å²) in [5.41, 5.74) is 2.37. The third-order valence-corrected chi connectivity index (χ3v) is 2.45. The second-order valence-electron chi connectivity index (χ2n) is 4.03. The monoisotopic (exact) mass is 238 g/mol. The van der Waals surface area contributed by atoms with Gasteiger partial charge in [0.15, 0.2) is 0 Å². The topological polar surface area (TPSA) is 9.23 Å². The zero-order valence-electron chi connectivity index (χ0n) is 10.2. The number of halogens is 1. The van der Waals surface area contributed by atoms with Crippen LogP contribution in [0.2, 0.25) is 0 Å². The minimum atomic E-state index is 0.196. The Kier molecular flexibility index (Phi) is 5.41. The SMILES string of the molecule is CC(=CCCCl)c1ccccc1OC(C)C. The lowest BCUT2D eigenvalue weighted by molar-refractivity contribution is 0.242. The molecule has 0 fully saturated rings. The number of allylic oxidation sites excluding steroid dienone is 2. The van der Waals surface area contributed by atoms with Crippen LogP contribution in [-0.2, 0) is 0 Å². The molecule has 0 unspecified atom stereocenters. The van der Waals surface area contributed by atoms with E-state index in [0.29, 0.717) is 5.88 Å². The Morgan fingerprint density at radius 1 is 1.38 bits per heavy atom. The van der Waals surface area contributed by atoms with Crippen LogP contribution in [0.25, 0.3) is 5.57 Å². The van der Waals surface area contributed by atoms with E-state index in [9.17, 15) is 0 Å². The van der Waals surface area contributed by atoms with E-state index in [-0.39, 0.29) is 6.10 Å². The van der Waals surface area contributed by atoms with Gasteiger partial charge in [0.05, 0.1) is 6.10 Å². The summed E-state index contributed by atoms with van der Waals surface area (Å²) in [4.78, 5) is 0. The van der Waals surface area contributed by atoms with E-state index in [2.05, 4.69) is 19.1 Å². The summed E-state index contributed by atoms with van der Waals surface area (Å²) < 4.78 is 5.77.